The summed E-state index contributed by atoms with van der Waals surface area (Å²) >= 11 is 0. The van der Waals surface area contributed by atoms with Crippen molar-refractivity contribution >= 4 is 0 Å². The molecule has 1 N–H and O–H groups in total. The average Bonchev–Trinajstić information content (AvgIpc) is 2.98. The second kappa shape index (κ2) is 3.06. The van der Waals surface area contributed by atoms with Crippen LogP contribution in [-0.4, -0.2) is 26.5 Å². The van der Waals surface area contributed by atoms with Crippen LogP contribution in [0.25, 0.3) is 11.4 Å². The van der Waals surface area contributed by atoms with Crippen LogP contribution < -0.4 is 0 Å². The van der Waals surface area contributed by atoms with E-state index in [9.17, 15) is 0 Å². The number of hydrogen-bond acceptors (Lipinski definition) is 4. The van der Waals surface area contributed by atoms with E-state index >= 15 is 0 Å². The van der Waals surface area contributed by atoms with Gasteiger partial charge in [-0.1, -0.05) is 0 Å². The van der Waals surface area contributed by atoms with Gasteiger partial charge in [0.15, 0.2) is 6.23 Å². The molecule has 76 valence electrons. The van der Waals surface area contributed by atoms with E-state index in [1.807, 2.05) is 6.07 Å². The van der Waals surface area contributed by atoms with Crippen LogP contribution >= 0.6 is 0 Å². The summed E-state index contributed by atoms with van der Waals surface area (Å²) < 4.78 is 6.95. The molecule has 1 fully saturated rings. The summed E-state index contributed by atoms with van der Waals surface area (Å²) in [4.78, 5) is 4.13. The molecule has 3 heterocycles. The number of ether oxygens (including phenoxy) is 1. The van der Waals surface area contributed by atoms with E-state index in [4.69, 9.17) is 9.84 Å². The smallest absolute Gasteiger partial charge is 0.174 e. The maximum Gasteiger partial charge on any atom is 0.174 e. The largest absolute Gasteiger partial charge is 0.506 e. The molecule has 0 aliphatic carbocycles. The lowest BCUT2D eigenvalue weighted by molar-refractivity contribution is 0.338. The van der Waals surface area contributed by atoms with Crippen LogP contribution in [0.2, 0.25) is 0 Å². The fraction of sp³-hybridized carbons (Fsp3) is 0.200. The van der Waals surface area contributed by atoms with Gasteiger partial charge in [0, 0.05) is 6.20 Å². The fourth-order valence-electron chi connectivity index (χ4n) is 1.47. The third kappa shape index (κ3) is 1.46. The third-order valence-electron chi connectivity index (χ3n) is 2.27. The molecule has 0 radical (unpaired) electrons. The number of hydrogen-bond donors (Lipinski definition) is 1. The Morgan fingerprint density at radius 3 is 2.93 bits per heavy atom. The lowest BCUT2D eigenvalue weighted by atomic mass is 10.2. The van der Waals surface area contributed by atoms with Gasteiger partial charge in [0.05, 0.1) is 24.2 Å². The number of pyridine rings is 1. The highest BCUT2D eigenvalue weighted by Crippen LogP contribution is 2.28. The molecule has 0 bridgehead atoms. The van der Waals surface area contributed by atoms with Crippen LogP contribution in [0.1, 0.15) is 6.23 Å². The quantitative estimate of drug-likeness (QED) is 0.744. The first-order chi connectivity index (χ1) is 7.34. The first-order valence-corrected chi connectivity index (χ1v) is 4.65. The molecule has 5 heteroatoms. The molecule has 0 spiro atoms. The highest BCUT2D eigenvalue weighted by Gasteiger charge is 2.27. The summed E-state index contributed by atoms with van der Waals surface area (Å²) in [5.74, 6) is 0.160. The maximum absolute atomic E-state index is 9.14. The zero-order chi connectivity index (χ0) is 10.3. The zero-order valence-electron chi connectivity index (χ0n) is 7.87. The van der Waals surface area contributed by atoms with Gasteiger partial charge in [0.1, 0.15) is 5.75 Å². The van der Waals surface area contributed by atoms with Gasteiger partial charge in [-0.3, -0.25) is 4.98 Å². The molecular formula is C10H9N3O2. The van der Waals surface area contributed by atoms with Crippen molar-refractivity contribution in [3.05, 3.63) is 30.6 Å². The van der Waals surface area contributed by atoms with Crippen LogP contribution in [0.4, 0.5) is 0 Å². The third-order valence-corrected chi connectivity index (χ3v) is 2.27. The Labute approximate surface area is 85.9 Å². The molecule has 1 aliphatic heterocycles. The Bertz CT molecular complexity index is 474. The number of rotatable bonds is 2. The van der Waals surface area contributed by atoms with Crippen molar-refractivity contribution in [3.63, 3.8) is 0 Å². The van der Waals surface area contributed by atoms with E-state index in [1.54, 1.807) is 23.0 Å². The first kappa shape index (κ1) is 8.43. The minimum Gasteiger partial charge on any atom is -0.506 e. The van der Waals surface area contributed by atoms with Crippen molar-refractivity contribution in [1.29, 1.82) is 0 Å². The van der Waals surface area contributed by atoms with E-state index in [0.717, 1.165) is 11.4 Å². The average molecular weight is 203 g/mol. The minimum absolute atomic E-state index is 0.0469. The van der Waals surface area contributed by atoms with Gasteiger partial charge in [0.25, 0.3) is 0 Å². The Balaban J connectivity index is 2.04. The number of nitrogens with zero attached hydrogens (tertiary/aromatic N) is 3. The molecule has 1 unspecified atom stereocenters. The summed E-state index contributed by atoms with van der Waals surface area (Å²) in [6.45, 7) is 0.701. The predicted octanol–water partition coefficient (Wildman–Crippen LogP) is 1.18. The van der Waals surface area contributed by atoms with Crippen molar-refractivity contribution in [2.24, 2.45) is 0 Å². The summed E-state index contributed by atoms with van der Waals surface area (Å²) in [7, 11) is 0. The molecule has 2 aromatic heterocycles. The lowest BCUT2D eigenvalue weighted by Crippen LogP contribution is -2.00. The van der Waals surface area contributed by atoms with Crippen LogP contribution in [0, 0.1) is 0 Å². The monoisotopic (exact) mass is 203 g/mol. The topological polar surface area (TPSA) is 63.5 Å². The molecular weight excluding hydrogens is 194 g/mol. The maximum atomic E-state index is 9.14. The van der Waals surface area contributed by atoms with Crippen LogP contribution in [-0.2, 0) is 4.74 Å². The van der Waals surface area contributed by atoms with Gasteiger partial charge < -0.3 is 9.84 Å². The highest BCUT2D eigenvalue weighted by molar-refractivity contribution is 5.54. The van der Waals surface area contributed by atoms with Crippen LogP contribution in [0.3, 0.4) is 0 Å². The van der Waals surface area contributed by atoms with Gasteiger partial charge in [-0.2, -0.15) is 5.10 Å². The van der Waals surface area contributed by atoms with Gasteiger partial charge in [-0.25, -0.2) is 4.68 Å². The minimum atomic E-state index is 0.0469. The van der Waals surface area contributed by atoms with E-state index in [1.165, 1.54) is 6.20 Å². The first-order valence-electron chi connectivity index (χ1n) is 4.65. The number of epoxide rings is 1. The molecule has 1 saturated heterocycles. The molecule has 0 amide bonds. The summed E-state index contributed by atoms with van der Waals surface area (Å²) in [5.41, 5.74) is 1.68. The molecule has 5 nitrogen and oxygen atoms in total. The second-order valence-electron chi connectivity index (χ2n) is 3.35. The van der Waals surface area contributed by atoms with Gasteiger partial charge in [-0.05, 0) is 18.2 Å². The SMILES string of the molecule is Oc1ccc(-c2ccnn2C2CO2)nc1. The summed E-state index contributed by atoms with van der Waals surface area (Å²) in [6.07, 6.45) is 3.18. The van der Waals surface area contributed by atoms with Gasteiger partial charge in [0.2, 0.25) is 0 Å². The summed E-state index contributed by atoms with van der Waals surface area (Å²) in [5, 5.41) is 13.3. The van der Waals surface area contributed by atoms with Gasteiger partial charge >= 0.3 is 0 Å². The Hall–Kier alpha value is -1.88. The van der Waals surface area contributed by atoms with E-state index in [0.29, 0.717) is 6.61 Å². The molecule has 1 atom stereocenters. The molecule has 15 heavy (non-hydrogen) atoms. The van der Waals surface area contributed by atoms with Crippen molar-refractivity contribution in [2.75, 3.05) is 6.61 Å². The van der Waals surface area contributed by atoms with Crippen molar-refractivity contribution in [2.45, 2.75) is 6.23 Å². The van der Waals surface area contributed by atoms with Crippen molar-refractivity contribution in [3.8, 4) is 17.1 Å². The molecule has 0 aromatic carbocycles. The van der Waals surface area contributed by atoms with E-state index < -0.39 is 0 Å². The van der Waals surface area contributed by atoms with Crippen molar-refractivity contribution in [1.82, 2.24) is 14.8 Å². The van der Waals surface area contributed by atoms with Gasteiger partial charge in [-0.15, -0.1) is 0 Å². The number of aromatic nitrogens is 3. The number of aromatic hydroxyl groups is 1. The van der Waals surface area contributed by atoms with E-state index in [-0.39, 0.29) is 12.0 Å². The highest BCUT2D eigenvalue weighted by atomic mass is 16.6. The molecule has 0 saturated carbocycles. The van der Waals surface area contributed by atoms with E-state index in [2.05, 4.69) is 10.1 Å². The zero-order valence-corrected chi connectivity index (χ0v) is 7.87. The molecule has 1 aliphatic rings. The second-order valence-corrected chi connectivity index (χ2v) is 3.35. The van der Waals surface area contributed by atoms with Crippen LogP contribution in [0.5, 0.6) is 5.75 Å². The molecule has 3 rings (SSSR count). The normalized spacial score (nSPS) is 19.1. The van der Waals surface area contributed by atoms with Crippen molar-refractivity contribution < 1.29 is 9.84 Å². The predicted molar refractivity (Wildman–Crippen MR) is 52.1 cm³/mol. The lowest BCUT2D eigenvalue weighted by Gasteiger charge is -2.03. The Morgan fingerprint density at radius 2 is 2.27 bits per heavy atom. The fourth-order valence-corrected chi connectivity index (χ4v) is 1.47. The Morgan fingerprint density at radius 1 is 1.40 bits per heavy atom. The van der Waals surface area contributed by atoms with Crippen LogP contribution in [0.15, 0.2) is 30.6 Å². The Kier molecular flexibility index (Phi) is 1.72. The standard InChI is InChI=1S/C10H9N3O2/c14-7-1-2-8(11-5-7)9-3-4-12-13(9)10-6-15-10/h1-5,10,14H,6H2. The molecule has 2 aromatic rings. The summed E-state index contributed by atoms with van der Waals surface area (Å²) in [6, 6.07) is 5.24.